The smallest absolute Gasteiger partial charge is 0.332 e. The van der Waals surface area contributed by atoms with Gasteiger partial charge in [-0.2, -0.15) is 5.10 Å². The highest BCUT2D eigenvalue weighted by molar-refractivity contribution is 5.85. The predicted octanol–water partition coefficient (Wildman–Crippen LogP) is 1.35. The summed E-state index contributed by atoms with van der Waals surface area (Å²) in [6, 6.07) is -0.774. The van der Waals surface area contributed by atoms with E-state index in [4.69, 9.17) is 10.5 Å². The topological polar surface area (TPSA) is 154 Å². The van der Waals surface area contributed by atoms with Crippen LogP contribution in [-0.2, 0) is 9.53 Å². The zero-order chi connectivity index (χ0) is 23.6. The van der Waals surface area contributed by atoms with Crippen LogP contribution in [0.3, 0.4) is 0 Å². The molecule has 0 saturated heterocycles. The van der Waals surface area contributed by atoms with Gasteiger partial charge in [0.25, 0.3) is 0 Å². The molecule has 0 aromatic heterocycles. The van der Waals surface area contributed by atoms with Gasteiger partial charge in [-0.1, -0.05) is 6.92 Å². The van der Waals surface area contributed by atoms with Gasteiger partial charge in [0.15, 0.2) is 0 Å². The molecule has 4 aliphatic carbocycles. The van der Waals surface area contributed by atoms with Gasteiger partial charge in [0.05, 0.1) is 17.3 Å². The fourth-order valence-corrected chi connectivity index (χ4v) is 8.57. The summed E-state index contributed by atoms with van der Waals surface area (Å²) < 4.78 is 5.18. The molecule has 5 unspecified atom stereocenters. The van der Waals surface area contributed by atoms with Gasteiger partial charge in [-0.05, 0) is 74.7 Å². The Kier molecular flexibility index (Phi) is 5.19. The summed E-state index contributed by atoms with van der Waals surface area (Å²) in [7, 11) is 0. The number of rotatable bonds is 3. The van der Waals surface area contributed by atoms with Gasteiger partial charge < -0.3 is 25.8 Å². The Morgan fingerprint density at radius 1 is 1.18 bits per heavy atom. The van der Waals surface area contributed by atoms with E-state index >= 15 is 0 Å². The molecule has 2 amide bonds. The first-order valence-corrected chi connectivity index (χ1v) is 12.1. The minimum atomic E-state index is -1.16. The van der Waals surface area contributed by atoms with E-state index < -0.39 is 28.8 Å². The third-order valence-electron chi connectivity index (χ3n) is 10.1. The summed E-state index contributed by atoms with van der Waals surface area (Å²) in [6.45, 7) is 2.45. The van der Waals surface area contributed by atoms with E-state index in [0.717, 1.165) is 24.8 Å². The number of aliphatic hydroxyl groups is 3. The molecule has 0 bridgehead atoms. The molecule has 1 heterocycles. The largest absolute Gasteiger partial charge is 0.458 e. The van der Waals surface area contributed by atoms with E-state index in [1.807, 2.05) is 0 Å². The van der Waals surface area contributed by atoms with Crippen molar-refractivity contribution in [2.75, 3.05) is 6.61 Å². The molecule has 0 aromatic rings. The number of aliphatic hydroxyl groups excluding tert-OH is 1. The number of hydrogen-bond acceptors (Lipinski definition) is 7. The Labute approximate surface area is 193 Å². The van der Waals surface area contributed by atoms with Crippen molar-refractivity contribution in [3.8, 4) is 0 Å². The minimum absolute atomic E-state index is 0.0468. The van der Waals surface area contributed by atoms with Gasteiger partial charge in [0.1, 0.15) is 6.61 Å². The van der Waals surface area contributed by atoms with Crippen LogP contribution in [0.2, 0.25) is 0 Å². The maximum Gasteiger partial charge on any atom is 0.332 e. The Morgan fingerprint density at radius 3 is 2.64 bits per heavy atom. The van der Waals surface area contributed by atoms with Crippen LogP contribution < -0.4 is 11.2 Å². The SMILES string of the molecule is CC12CC[C@H]3[C@@H](CCC4(O)C[C@H](O)CCC34/C=N/NC(N)=O)C1(O)CCC2C1=CC(=O)OC1. The summed E-state index contributed by atoms with van der Waals surface area (Å²) in [5.74, 6) is -0.326. The second-order valence-corrected chi connectivity index (χ2v) is 11.3. The average Bonchev–Trinajstić information content (AvgIpc) is 3.28. The molecule has 0 radical (unpaired) electrons. The maximum absolute atomic E-state index is 12.3. The number of nitrogens with zero attached hydrogens (tertiary/aromatic N) is 1. The van der Waals surface area contributed by atoms with E-state index in [2.05, 4.69) is 17.5 Å². The number of nitrogens with two attached hydrogens (primary N) is 1. The highest BCUT2D eigenvalue weighted by Crippen LogP contribution is 2.70. The second kappa shape index (κ2) is 7.52. The standard InChI is InChI=1S/C24H35N3O6/c1-21-6-3-17-18(24(21,32)9-5-16(21)14-10-19(29)33-12-14)4-8-23(31)11-15(28)2-7-22(17,23)13-26-27-20(25)30/h10,13,15-18,28,31-32H,2-9,11-12H2,1H3,(H3,25,27,30)/b26-13+/t15-,16?,17+,18-,21?,22?,23?,24?/m1/s1. The number of ether oxygens (including phenoxy) is 1. The average molecular weight is 462 g/mol. The van der Waals surface area contributed by atoms with E-state index in [1.54, 1.807) is 12.3 Å². The molecule has 182 valence electrons. The molecule has 5 aliphatic rings. The highest BCUT2D eigenvalue weighted by atomic mass is 16.5. The van der Waals surface area contributed by atoms with Gasteiger partial charge in [-0.25, -0.2) is 15.0 Å². The van der Waals surface area contributed by atoms with Crippen LogP contribution in [0.1, 0.15) is 64.7 Å². The monoisotopic (exact) mass is 461 g/mol. The maximum atomic E-state index is 12.3. The molecule has 8 atom stereocenters. The second-order valence-electron chi connectivity index (χ2n) is 11.3. The zero-order valence-electron chi connectivity index (χ0n) is 19.1. The number of cyclic esters (lactones) is 1. The first-order valence-electron chi connectivity index (χ1n) is 12.1. The van der Waals surface area contributed by atoms with Crippen LogP contribution in [0.15, 0.2) is 16.8 Å². The Bertz CT molecular complexity index is 922. The van der Waals surface area contributed by atoms with E-state index in [-0.39, 0.29) is 35.6 Å². The molecule has 0 aromatic carbocycles. The number of urea groups is 1. The van der Waals surface area contributed by atoms with Crippen molar-refractivity contribution in [3.05, 3.63) is 11.6 Å². The van der Waals surface area contributed by atoms with E-state index in [1.165, 1.54) is 0 Å². The van der Waals surface area contributed by atoms with Crippen molar-refractivity contribution in [2.45, 2.75) is 82.0 Å². The third kappa shape index (κ3) is 3.12. The van der Waals surface area contributed by atoms with Gasteiger partial charge in [0.2, 0.25) is 0 Å². The normalized spacial score (nSPS) is 49.1. The zero-order valence-corrected chi connectivity index (χ0v) is 19.1. The highest BCUT2D eigenvalue weighted by Gasteiger charge is 2.71. The predicted molar refractivity (Wildman–Crippen MR) is 119 cm³/mol. The number of hydrogen-bond donors (Lipinski definition) is 5. The summed E-state index contributed by atoms with van der Waals surface area (Å²) in [5, 5.41) is 38.6. The van der Waals surface area contributed by atoms with Crippen molar-refractivity contribution in [2.24, 2.45) is 39.4 Å². The van der Waals surface area contributed by atoms with Crippen molar-refractivity contribution in [3.63, 3.8) is 0 Å². The van der Waals surface area contributed by atoms with Crippen molar-refractivity contribution in [1.29, 1.82) is 0 Å². The summed E-state index contributed by atoms with van der Waals surface area (Å²) in [6.07, 6.45) is 8.02. The van der Waals surface area contributed by atoms with Crippen molar-refractivity contribution < 1.29 is 29.6 Å². The number of amides is 2. The Balaban J connectivity index is 1.52. The molecular weight excluding hydrogens is 426 g/mol. The molecule has 0 spiro atoms. The molecule has 9 heteroatoms. The summed E-state index contributed by atoms with van der Waals surface area (Å²) >= 11 is 0. The van der Waals surface area contributed by atoms with Crippen LogP contribution in [0, 0.1) is 28.6 Å². The van der Waals surface area contributed by atoms with Crippen molar-refractivity contribution in [1.82, 2.24) is 5.43 Å². The molecule has 1 aliphatic heterocycles. The lowest BCUT2D eigenvalue weighted by molar-refractivity contribution is -0.237. The lowest BCUT2D eigenvalue weighted by Crippen LogP contribution is -2.68. The number of nitrogens with one attached hydrogen (secondary N) is 1. The molecule has 4 fully saturated rings. The van der Waals surface area contributed by atoms with Gasteiger partial charge in [0, 0.05) is 29.5 Å². The summed E-state index contributed by atoms with van der Waals surface area (Å²) in [4.78, 5) is 23.0. The van der Waals surface area contributed by atoms with Gasteiger partial charge in [-0.3, -0.25) is 0 Å². The summed E-state index contributed by atoms with van der Waals surface area (Å²) in [5.41, 5.74) is 5.21. The number of carbonyl (C=O) groups excluding carboxylic acids is 2. The van der Waals surface area contributed by atoms with Crippen LogP contribution >= 0.6 is 0 Å². The quantitative estimate of drug-likeness (QED) is 0.243. The first kappa shape index (κ1) is 22.8. The lowest BCUT2D eigenvalue weighted by atomic mass is 9.41. The lowest BCUT2D eigenvalue weighted by Gasteiger charge is -2.65. The number of primary amides is 1. The fraction of sp³-hybridized carbons (Fsp3) is 0.792. The van der Waals surface area contributed by atoms with Crippen molar-refractivity contribution >= 4 is 18.2 Å². The molecule has 5 rings (SSSR count). The third-order valence-corrected chi connectivity index (χ3v) is 10.1. The van der Waals surface area contributed by atoms with Gasteiger partial charge in [-0.15, -0.1) is 0 Å². The number of esters is 1. The Morgan fingerprint density at radius 2 is 1.94 bits per heavy atom. The molecule has 4 saturated carbocycles. The molecule has 33 heavy (non-hydrogen) atoms. The minimum Gasteiger partial charge on any atom is -0.458 e. The number of carbonyl (C=O) groups is 2. The van der Waals surface area contributed by atoms with E-state index in [0.29, 0.717) is 38.7 Å². The molecule has 9 nitrogen and oxygen atoms in total. The number of fused-ring (bicyclic) bond motifs is 5. The fourth-order valence-electron chi connectivity index (χ4n) is 8.57. The van der Waals surface area contributed by atoms with Crippen LogP contribution in [-0.4, -0.2) is 57.4 Å². The first-order chi connectivity index (χ1) is 15.5. The molecular formula is C24H35N3O6. The van der Waals surface area contributed by atoms with E-state index in [9.17, 15) is 24.9 Å². The van der Waals surface area contributed by atoms with Crippen LogP contribution in [0.4, 0.5) is 4.79 Å². The van der Waals surface area contributed by atoms with Crippen LogP contribution in [0.5, 0.6) is 0 Å². The van der Waals surface area contributed by atoms with Crippen LogP contribution in [0.25, 0.3) is 0 Å². The molecule has 6 N–H and O–H groups in total. The number of hydrazone groups is 1. The Hall–Kier alpha value is -1.97. The van der Waals surface area contributed by atoms with Gasteiger partial charge >= 0.3 is 12.0 Å².